The number of alkyl halides is 1. The van der Waals surface area contributed by atoms with Crippen molar-refractivity contribution >= 4 is 0 Å². The summed E-state index contributed by atoms with van der Waals surface area (Å²) in [6, 6.07) is 9.65. The lowest BCUT2D eigenvalue weighted by Gasteiger charge is -2.32. The monoisotopic (exact) mass is 239 g/mol. The lowest BCUT2D eigenvalue weighted by molar-refractivity contribution is -0.0654. The smallest absolute Gasteiger partial charge is 0.139 e. The molecule has 0 spiro atoms. The second-order valence-electron chi connectivity index (χ2n) is 4.36. The van der Waals surface area contributed by atoms with Crippen LogP contribution in [0.4, 0.5) is 4.39 Å². The van der Waals surface area contributed by atoms with Gasteiger partial charge in [-0.25, -0.2) is 4.39 Å². The van der Waals surface area contributed by atoms with Gasteiger partial charge in [-0.15, -0.1) is 0 Å². The van der Waals surface area contributed by atoms with Gasteiger partial charge in [0.05, 0.1) is 19.3 Å². The number of aliphatic hydroxyl groups excluding tert-OH is 1. The van der Waals surface area contributed by atoms with Crippen molar-refractivity contribution in [2.24, 2.45) is 0 Å². The van der Waals surface area contributed by atoms with E-state index >= 15 is 0 Å². The van der Waals surface area contributed by atoms with E-state index in [2.05, 4.69) is 5.32 Å². The molecule has 1 heterocycles. The zero-order valence-corrected chi connectivity index (χ0v) is 9.68. The van der Waals surface area contributed by atoms with Crippen molar-refractivity contribution < 1.29 is 14.2 Å². The van der Waals surface area contributed by atoms with E-state index in [4.69, 9.17) is 9.84 Å². The van der Waals surface area contributed by atoms with Gasteiger partial charge in [-0.2, -0.15) is 0 Å². The lowest BCUT2D eigenvalue weighted by atomic mass is 10.0. The summed E-state index contributed by atoms with van der Waals surface area (Å²) in [4.78, 5) is 0. The Morgan fingerprint density at radius 1 is 1.35 bits per heavy atom. The number of ether oxygens (including phenoxy) is 1. The van der Waals surface area contributed by atoms with Crippen LogP contribution in [0.25, 0.3) is 0 Å². The summed E-state index contributed by atoms with van der Waals surface area (Å²) >= 11 is 0. The molecule has 3 atom stereocenters. The van der Waals surface area contributed by atoms with E-state index in [-0.39, 0.29) is 25.4 Å². The first-order valence-electron chi connectivity index (χ1n) is 5.93. The Morgan fingerprint density at radius 3 is 2.82 bits per heavy atom. The van der Waals surface area contributed by atoms with Crippen molar-refractivity contribution in [3.63, 3.8) is 0 Å². The van der Waals surface area contributed by atoms with Crippen LogP contribution in [0.2, 0.25) is 0 Å². The summed E-state index contributed by atoms with van der Waals surface area (Å²) < 4.78 is 18.7. The van der Waals surface area contributed by atoms with Crippen LogP contribution in [0.1, 0.15) is 12.0 Å². The van der Waals surface area contributed by atoms with E-state index in [0.717, 1.165) is 5.56 Å². The van der Waals surface area contributed by atoms with E-state index in [9.17, 15) is 4.39 Å². The molecule has 4 heteroatoms. The SMILES string of the molecule is OC[C@H]1C[C@@H](NCc2ccccc2)[C@@H](F)CO1. The Hall–Kier alpha value is -0.970. The largest absolute Gasteiger partial charge is 0.394 e. The highest BCUT2D eigenvalue weighted by molar-refractivity contribution is 5.14. The predicted molar refractivity (Wildman–Crippen MR) is 63.4 cm³/mol. The van der Waals surface area contributed by atoms with Gasteiger partial charge in [0.2, 0.25) is 0 Å². The molecule has 1 aliphatic heterocycles. The Balaban J connectivity index is 1.85. The summed E-state index contributed by atoms with van der Waals surface area (Å²) in [6.07, 6.45) is -0.721. The molecule has 1 aliphatic rings. The average molecular weight is 239 g/mol. The first-order chi connectivity index (χ1) is 8.29. The molecular weight excluding hydrogens is 221 g/mol. The molecule has 0 amide bonds. The predicted octanol–water partition coefficient (Wildman–Crippen LogP) is 1.26. The van der Waals surface area contributed by atoms with Gasteiger partial charge in [-0.1, -0.05) is 30.3 Å². The van der Waals surface area contributed by atoms with Gasteiger partial charge >= 0.3 is 0 Å². The minimum atomic E-state index is -0.999. The van der Waals surface area contributed by atoms with E-state index in [1.807, 2.05) is 30.3 Å². The van der Waals surface area contributed by atoms with Gasteiger partial charge in [-0.05, 0) is 12.0 Å². The van der Waals surface area contributed by atoms with Gasteiger partial charge < -0.3 is 15.2 Å². The van der Waals surface area contributed by atoms with Crippen LogP contribution in [-0.4, -0.2) is 36.6 Å². The Labute approximate surface area is 101 Å². The number of nitrogens with one attached hydrogen (secondary N) is 1. The Kier molecular flexibility index (Phi) is 4.48. The van der Waals surface area contributed by atoms with Gasteiger partial charge in [-0.3, -0.25) is 0 Å². The quantitative estimate of drug-likeness (QED) is 0.831. The highest BCUT2D eigenvalue weighted by Gasteiger charge is 2.30. The standard InChI is InChI=1S/C13H18FNO2/c14-12-9-17-11(8-16)6-13(12)15-7-10-4-2-1-3-5-10/h1-5,11-13,15-16H,6-9H2/t11-,12+,13-/m1/s1. The molecule has 1 saturated heterocycles. The second-order valence-corrected chi connectivity index (χ2v) is 4.36. The fourth-order valence-corrected chi connectivity index (χ4v) is 2.03. The zero-order valence-electron chi connectivity index (χ0n) is 9.68. The summed E-state index contributed by atoms with van der Waals surface area (Å²) in [5, 5.41) is 12.2. The fraction of sp³-hybridized carbons (Fsp3) is 0.538. The molecule has 0 saturated carbocycles. The van der Waals surface area contributed by atoms with Gasteiger partial charge in [0.25, 0.3) is 0 Å². The van der Waals surface area contributed by atoms with Gasteiger partial charge in [0.15, 0.2) is 0 Å². The maximum absolute atomic E-state index is 13.6. The molecule has 1 aromatic rings. The Morgan fingerprint density at radius 2 is 2.12 bits per heavy atom. The van der Waals surface area contributed by atoms with E-state index in [1.54, 1.807) is 0 Å². The van der Waals surface area contributed by atoms with Crippen molar-refractivity contribution in [3.8, 4) is 0 Å². The molecule has 17 heavy (non-hydrogen) atoms. The average Bonchev–Trinajstić information content (AvgIpc) is 2.39. The van der Waals surface area contributed by atoms with Crippen LogP contribution in [0.5, 0.6) is 0 Å². The van der Waals surface area contributed by atoms with Crippen LogP contribution >= 0.6 is 0 Å². The van der Waals surface area contributed by atoms with E-state index in [0.29, 0.717) is 13.0 Å². The van der Waals surface area contributed by atoms with Crippen molar-refractivity contribution in [2.45, 2.75) is 31.3 Å². The molecule has 0 aliphatic carbocycles. The van der Waals surface area contributed by atoms with E-state index < -0.39 is 6.17 Å². The molecule has 94 valence electrons. The van der Waals surface area contributed by atoms with Crippen molar-refractivity contribution in [1.29, 1.82) is 0 Å². The second kappa shape index (κ2) is 6.10. The summed E-state index contributed by atoms with van der Waals surface area (Å²) in [5.74, 6) is 0. The maximum atomic E-state index is 13.6. The van der Waals surface area contributed by atoms with Gasteiger partial charge in [0.1, 0.15) is 6.17 Å². The van der Waals surface area contributed by atoms with Crippen molar-refractivity contribution in [2.75, 3.05) is 13.2 Å². The molecule has 0 aromatic heterocycles. The van der Waals surface area contributed by atoms with E-state index in [1.165, 1.54) is 0 Å². The lowest BCUT2D eigenvalue weighted by Crippen LogP contribution is -2.48. The summed E-state index contributed by atoms with van der Waals surface area (Å²) in [7, 11) is 0. The number of rotatable bonds is 4. The highest BCUT2D eigenvalue weighted by Crippen LogP contribution is 2.17. The van der Waals surface area contributed by atoms with Crippen LogP contribution in [0.15, 0.2) is 30.3 Å². The Bertz CT molecular complexity index is 333. The number of benzene rings is 1. The molecule has 1 fully saturated rings. The number of hydrogen-bond acceptors (Lipinski definition) is 3. The molecule has 0 radical (unpaired) electrons. The first kappa shape index (κ1) is 12.5. The first-order valence-corrected chi connectivity index (χ1v) is 5.93. The third-order valence-electron chi connectivity index (χ3n) is 3.06. The van der Waals surface area contributed by atoms with Crippen LogP contribution in [0.3, 0.4) is 0 Å². The van der Waals surface area contributed by atoms with Crippen LogP contribution < -0.4 is 5.32 Å². The van der Waals surface area contributed by atoms with Crippen molar-refractivity contribution in [1.82, 2.24) is 5.32 Å². The summed E-state index contributed by atoms with van der Waals surface area (Å²) in [6.45, 7) is 0.665. The van der Waals surface area contributed by atoms with Crippen molar-refractivity contribution in [3.05, 3.63) is 35.9 Å². The summed E-state index contributed by atoms with van der Waals surface area (Å²) in [5.41, 5.74) is 1.13. The molecule has 1 aromatic carbocycles. The third-order valence-corrected chi connectivity index (χ3v) is 3.06. The fourth-order valence-electron chi connectivity index (χ4n) is 2.03. The topological polar surface area (TPSA) is 41.5 Å². The zero-order chi connectivity index (χ0) is 12.1. The molecule has 3 nitrogen and oxygen atoms in total. The normalized spacial score (nSPS) is 29.2. The number of aliphatic hydroxyl groups is 1. The third kappa shape index (κ3) is 3.49. The minimum Gasteiger partial charge on any atom is -0.394 e. The maximum Gasteiger partial charge on any atom is 0.139 e. The van der Waals surface area contributed by atoms with Crippen LogP contribution in [0, 0.1) is 0 Å². The molecule has 2 rings (SSSR count). The number of hydrogen-bond donors (Lipinski definition) is 2. The van der Waals surface area contributed by atoms with Crippen LogP contribution in [-0.2, 0) is 11.3 Å². The molecule has 0 unspecified atom stereocenters. The highest BCUT2D eigenvalue weighted by atomic mass is 19.1. The minimum absolute atomic E-state index is 0.0454. The molecule has 2 N–H and O–H groups in total. The van der Waals surface area contributed by atoms with Gasteiger partial charge in [0, 0.05) is 12.6 Å². The number of halogens is 1. The molecule has 0 bridgehead atoms. The molecular formula is C13H18FNO2.